The molecule has 0 spiro atoms. The highest BCUT2D eigenvalue weighted by molar-refractivity contribution is 5.72. The van der Waals surface area contributed by atoms with E-state index >= 15 is 0 Å². The third kappa shape index (κ3) is 4.41. The molecule has 38 heavy (non-hydrogen) atoms. The van der Waals surface area contributed by atoms with Crippen LogP contribution in [-0.4, -0.2) is 40.1 Å². The minimum absolute atomic E-state index is 0.191. The molecule has 0 aliphatic carbocycles. The predicted octanol–water partition coefficient (Wildman–Crippen LogP) is 5.61. The molecule has 0 unspecified atom stereocenters. The van der Waals surface area contributed by atoms with Crippen LogP contribution in [0, 0.1) is 26.6 Å². The van der Waals surface area contributed by atoms with Gasteiger partial charge in [-0.05, 0) is 64.7 Å². The molecule has 3 heterocycles. The molecule has 0 aliphatic heterocycles. The van der Waals surface area contributed by atoms with Gasteiger partial charge in [-0.15, -0.1) is 0 Å². The van der Waals surface area contributed by atoms with Crippen molar-refractivity contribution in [1.82, 2.24) is 18.9 Å². The van der Waals surface area contributed by atoms with Gasteiger partial charge in [0.05, 0.1) is 30.6 Å². The smallest absolute Gasteiger partial charge is 0.267 e. The molecule has 0 aliphatic rings. The molecule has 0 N–H and O–H groups in total. The van der Waals surface area contributed by atoms with Crippen molar-refractivity contribution in [3.05, 3.63) is 99.2 Å². The third-order valence-corrected chi connectivity index (χ3v) is 6.79. The minimum atomic E-state index is -0.312. The number of ether oxygens (including phenoxy) is 1. The van der Waals surface area contributed by atoms with Crippen molar-refractivity contribution in [1.29, 1.82) is 0 Å². The SMILES string of the molecule is COc1cccc(-c2c(C)n(Cc3ccccc3F)c3nc(-c4cc(C)oc4C)c(CN(C)C)n3c2=O)c1. The zero-order valence-corrected chi connectivity index (χ0v) is 22.5. The van der Waals surface area contributed by atoms with Gasteiger partial charge in [0.25, 0.3) is 5.56 Å². The number of furan rings is 1. The third-order valence-electron chi connectivity index (χ3n) is 6.79. The molecule has 5 rings (SSSR count). The molecule has 0 saturated carbocycles. The van der Waals surface area contributed by atoms with Crippen LogP contribution in [0.25, 0.3) is 28.2 Å². The second kappa shape index (κ2) is 9.95. The lowest BCUT2D eigenvalue weighted by Gasteiger charge is -2.18. The number of hydrogen-bond donors (Lipinski definition) is 0. The number of imidazole rings is 1. The average molecular weight is 515 g/mol. The maximum Gasteiger partial charge on any atom is 0.267 e. The van der Waals surface area contributed by atoms with E-state index in [1.165, 1.54) is 6.07 Å². The Labute approximate surface area is 220 Å². The molecule has 0 saturated heterocycles. The molecule has 0 radical (unpaired) electrons. The number of hydrogen-bond acceptors (Lipinski definition) is 5. The van der Waals surface area contributed by atoms with Crippen LogP contribution in [0.5, 0.6) is 5.75 Å². The zero-order chi connectivity index (χ0) is 27.1. The summed E-state index contributed by atoms with van der Waals surface area (Å²) in [5, 5.41) is 0. The van der Waals surface area contributed by atoms with Gasteiger partial charge in [0, 0.05) is 23.4 Å². The van der Waals surface area contributed by atoms with E-state index in [2.05, 4.69) is 0 Å². The van der Waals surface area contributed by atoms with Gasteiger partial charge in [0.15, 0.2) is 0 Å². The van der Waals surface area contributed by atoms with Gasteiger partial charge < -0.3 is 18.6 Å². The maximum atomic E-state index is 14.8. The first-order valence-corrected chi connectivity index (χ1v) is 12.4. The summed E-state index contributed by atoms with van der Waals surface area (Å²) in [6.45, 7) is 6.34. The highest BCUT2D eigenvalue weighted by atomic mass is 19.1. The summed E-state index contributed by atoms with van der Waals surface area (Å²) < 4.78 is 29.7. The Hall–Kier alpha value is -4.17. The lowest BCUT2D eigenvalue weighted by molar-refractivity contribution is 0.395. The maximum absolute atomic E-state index is 14.8. The Morgan fingerprint density at radius 3 is 2.47 bits per heavy atom. The fraction of sp³-hybridized carbons (Fsp3) is 0.267. The summed E-state index contributed by atoms with van der Waals surface area (Å²) in [6, 6.07) is 16.0. The molecular weight excluding hydrogens is 483 g/mol. The number of nitrogens with zero attached hydrogens (tertiary/aromatic N) is 4. The molecule has 0 fully saturated rings. The average Bonchev–Trinajstić information content (AvgIpc) is 3.41. The minimum Gasteiger partial charge on any atom is -0.497 e. The standard InChI is InChI=1S/C30H31FN4O3/c1-18-14-24(20(3)38-18)28-26(17-33(4)5)35-29(36)27(21-11-9-12-23(15-21)37-6)19(2)34(30(35)32-28)16-22-10-7-8-13-25(22)31/h7-15H,16-17H2,1-6H3. The molecule has 0 amide bonds. The van der Waals surface area contributed by atoms with E-state index in [9.17, 15) is 9.18 Å². The van der Waals surface area contributed by atoms with Crippen LogP contribution in [0.4, 0.5) is 4.39 Å². The van der Waals surface area contributed by atoms with Crippen LogP contribution in [0.3, 0.4) is 0 Å². The first-order valence-electron chi connectivity index (χ1n) is 12.4. The molecule has 196 valence electrons. The Kier molecular flexibility index (Phi) is 6.67. The number of aromatic nitrogens is 3. The van der Waals surface area contributed by atoms with Crippen LogP contribution >= 0.6 is 0 Å². The summed E-state index contributed by atoms with van der Waals surface area (Å²) >= 11 is 0. The van der Waals surface area contributed by atoms with Crippen molar-refractivity contribution in [2.75, 3.05) is 21.2 Å². The highest BCUT2D eigenvalue weighted by Gasteiger charge is 2.26. The number of methoxy groups -OCH3 is 1. The van der Waals surface area contributed by atoms with Gasteiger partial charge >= 0.3 is 0 Å². The van der Waals surface area contributed by atoms with Gasteiger partial charge in [0.2, 0.25) is 5.78 Å². The molecule has 2 aromatic carbocycles. The summed E-state index contributed by atoms with van der Waals surface area (Å²) in [7, 11) is 5.50. The topological polar surface area (TPSA) is 64.9 Å². The molecule has 5 aromatic rings. The molecule has 3 aromatic heterocycles. The first kappa shape index (κ1) is 25.5. The second-order valence-corrected chi connectivity index (χ2v) is 9.78. The van der Waals surface area contributed by atoms with Crippen LogP contribution < -0.4 is 10.3 Å². The van der Waals surface area contributed by atoms with Gasteiger partial charge in [0.1, 0.15) is 23.1 Å². The van der Waals surface area contributed by atoms with E-state index in [-0.39, 0.29) is 17.9 Å². The number of aryl methyl sites for hydroxylation is 2. The van der Waals surface area contributed by atoms with Crippen molar-refractivity contribution >= 4 is 5.78 Å². The van der Waals surface area contributed by atoms with E-state index in [0.717, 1.165) is 28.3 Å². The Balaban J connectivity index is 1.91. The van der Waals surface area contributed by atoms with Crippen molar-refractivity contribution in [2.24, 2.45) is 0 Å². The summed E-state index contributed by atoms with van der Waals surface area (Å²) in [6.07, 6.45) is 0. The van der Waals surface area contributed by atoms with Gasteiger partial charge in [-0.2, -0.15) is 0 Å². The van der Waals surface area contributed by atoms with E-state index in [1.807, 2.05) is 80.7 Å². The zero-order valence-electron chi connectivity index (χ0n) is 22.5. The summed E-state index contributed by atoms with van der Waals surface area (Å²) in [5.41, 5.74) is 4.48. The molecule has 0 atom stereocenters. The number of halogens is 1. The fourth-order valence-corrected chi connectivity index (χ4v) is 5.01. The Morgan fingerprint density at radius 2 is 1.82 bits per heavy atom. The van der Waals surface area contributed by atoms with Gasteiger partial charge in [-0.25, -0.2) is 13.8 Å². The van der Waals surface area contributed by atoms with Crippen LogP contribution in [0.2, 0.25) is 0 Å². The Morgan fingerprint density at radius 1 is 1.05 bits per heavy atom. The number of rotatable bonds is 7. The summed E-state index contributed by atoms with van der Waals surface area (Å²) in [5.74, 6) is 2.27. The lowest BCUT2D eigenvalue weighted by Crippen LogP contribution is -2.26. The molecule has 0 bridgehead atoms. The van der Waals surface area contributed by atoms with Crippen molar-refractivity contribution in [3.8, 4) is 28.1 Å². The monoisotopic (exact) mass is 514 g/mol. The second-order valence-electron chi connectivity index (χ2n) is 9.78. The van der Waals surface area contributed by atoms with Gasteiger partial charge in [-0.3, -0.25) is 4.79 Å². The van der Waals surface area contributed by atoms with Crippen molar-refractivity contribution in [2.45, 2.75) is 33.9 Å². The number of benzene rings is 2. The van der Waals surface area contributed by atoms with E-state index in [4.69, 9.17) is 14.1 Å². The predicted molar refractivity (Wildman–Crippen MR) is 146 cm³/mol. The van der Waals surface area contributed by atoms with E-state index in [1.54, 1.807) is 23.6 Å². The van der Waals surface area contributed by atoms with E-state index in [0.29, 0.717) is 40.6 Å². The fourth-order valence-electron chi connectivity index (χ4n) is 5.01. The highest BCUT2D eigenvalue weighted by Crippen LogP contribution is 2.32. The summed E-state index contributed by atoms with van der Waals surface area (Å²) in [4.78, 5) is 21.3. The van der Waals surface area contributed by atoms with Crippen LogP contribution in [-0.2, 0) is 13.1 Å². The largest absolute Gasteiger partial charge is 0.497 e. The molecular formula is C30H31FN4O3. The lowest BCUT2D eigenvalue weighted by atomic mass is 10.0. The molecule has 7 nitrogen and oxygen atoms in total. The quantitative estimate of drug-likeness (QED) is 0.283. The molecule has 8 heteroatoms. The van der Waals surface area contributed by atoms with Crippen LogP contribution in [0.1, 0.15) is 28.5 Å². The van der Waals surface area contributed by atoms with Crippen LogP contribution in [0.15, 0.2) is 63.8 Å². The first-order chi connectivity index (χ1) is 18.2. The van der Waals surface area contributed by atoms with E-state index < -0.39 is 0 Å². The van der Waals surface area contributed by atoms with Crippen molar-refractivity contribution < 1.29 is 13.5 Å². The Bertz CT molecular complexity index is 1710. The van der Waals surface area contributed by atoms with Crippen molar-refractivity contribution in [3.63, 3.8) is 0 Å². The van der Waals surface area contributed by atoms with Gasteiger partial charge in [-0.1, -0.05) is 30.3 Å². The number of fused-ring (bicyclic) bond motifs is 1. The normalized spacial score (nSPS) is 11.6.